The quantitative estimate of drug-likeness (QED) is 0.487. The van der Waals surface area contributed by atoms with Crippen molar-refractivity contribution in [3.63, 3.8) is 0 Å². The van der Waals surface area contributed by atoms with Gasteiger partial charge in [-0.1, -0.05) is 26.0 Å². The number of piperazine rings is 1. The summed E-state index contributed by atoms with van der Waals surface area (Å²) in [6, 6.07) is 5.51. The summed E-state index contributed by atoms with van der Waals surface area (Å²) in [6.45, 7) is 10.7. The monoisotopic (exact) mass is 524 g/mol. The van der Waals surface area contributed by atoms with Crippen molar-refractivity contribution in [2.75, 3.05) is 61.3 Å². The third-order valence-electron chi connectivity index (χ3n) is 6.95. The zero-order valence-electron chi connectivity index (χ0n) is 22.0. The van der Waals surface area contributed by atoms with Gasteiger partial charge in [-0.15, -0.1) is 0 Å². The van der Waals surface area contributed by atoms with Crippen molar-refractivity contribution >= 4 is 23.5 Å². The Morgan fingerprint density at radius 2 is 1.66 bits per heavy atom. The average molecular weight is 525 g/mol. The number of hydrogen-bond acceptors (Lipinski definition) is 8. The van der Waals surface area contributed by atoms with E-state index in [-0.39, 0.29) is 11.9 Å². The average Bonchev–Trinajstić information content (AvgIpc) is 3.26. The lowest BCUT2D eigenvalue weighted by atomic mass is 9.97. The first-order valence-corrected chi connectivity index (χ1v) is 12.9. The number of hydrogen-bond donors (Lipinski definition) is 2. The number of β-amino-alcohol motifs (C(OH)–C–C–N with tert-alkyl or cyclic N) is 1. The smallest absolute Gasteiger partial charge is 0.224 e. The molecule has 0 aliphatic carbocycles. The molecule has 5 rings (SSSR count). The van der Waals surface area contributed by atoms with Gasteiger partial charge in [-0.2, -0.15) is 15.1 Å². The first kappa shape index (κ1) is 26.1. The van der Waals surface area contributed by atoms with Crippen LogP contribution in [-0.4, -0.2) is 81.2 Å². The van der Waals surface area contributed by atoms with Gasteiger partial charge in [-0.25, -0.2) is 13.5 Å². The van der Waals surface area contributed by atoms with Crippen molar-refractivity contribution in [2.24, 2.45) is 0 Å². The third kappa shape index (κ3) is 5.63. The molecule has 0 bridgehead atoms. The van der Waals surface area contributed by atoms with Crippen LogP contribution in [0, 0.1) is 11.6 Å². The molecule has 2 aliphatic heterocycles. The highest BCUT2D eigenvalue weighted by Crippen LogP contribution is 2.29. The van der Waals surface area contributed by atoms with Gasteiger partial charge in [0, 0.05) is 69.2 Å². The van der Waals surface area contributed by atoms with Gasteiger partial charge in [0.15, 0.2) is 5.82 Å². The van der Waals surface area contributed by atoms with E-state index in [0.29, 0.717) is 43.5 Å². The van der Waals surface area contributed by atoms with Crippen LogP contribution in [0.1, 0.15) is 37.9 Å². The summed E-state index contributed by atoms with van der Waals surface area (Å²) < 4.78 is 29.0. The SMILES string of the molecule is CC(C)c1c(C=CCN2CCN(c3cc(F)cc(F)c3)CC2)cnn1-c1cc(N2CC(C)(O)C2)nc(N)n1. The maximum Gasteiger partial charge on any atom is 0.224 e. The van der Waals surface area contributed by atoms with E-state index in [0.717, 1.165) is 37.0 Å². The van der Waals surface area contributed by atoms with Gasteiger partial charge in [0.2, 0.25) is 5.95 Å². The maximum atomic E-state index is 13.6. The molecule has 2 saturated heterocycles. The molecular formula is C27H34F2N8O. The van der Waals surface area contributed by atoms with Gasteiger partial charge in [-0.05, 0) is 25.0 Å². The van der Waals surface area contributed by atoms with E-state index in [1.165, 1.54) is 12.1 Å². The summed E-state index contributed by atoms with van der Waals surface area (Å²) in [7, 11) is 0. The van der Waals surface area contributed by atoms with Crippen LogP contribution in [-0.2, 0) is 0 Å². The molecule has 0 radical (unpaired) electrons. The van der Waals surface area contributed by atoms with Gasteiger partial charge in [0.1, 0.15) is 17.5 Å². The van der Waals surface area contributed by atoms with Crippen LogP contribution in [0.4, 0.5) is 26.2 Å². The number of nitrogens with two attached hydrogens (primary N) is 1. The summed E-state index contributed by atoms with van der Waals surface area (Å²) in [6.07, 6.45) is 6.02. The van der Waals surface area contributed by atoms with Crippen molar-refractivity contribution in [2.45, 2.75) is 32.3 Å². The van der Waals surface area contributed by atoms with Crippen molar-refractivity contribution in [3.05, 3.63) is 59.4 Å². The van der Waals surface area contributed by atoms with E-state index in [1.54, 1.807) is 11.6 Å². The molecule has 2 fully saturated rings. The second-order valence-corrected chi connectivity index (χ2v) is 10.7. The Balaban J connectivity index is 1.26. The summed E-state index contributed by atoms with van der Waals surface area (Å²) in [5.74, 6) is 0.486. The molecule has 11 heteroatoms. The van der Waals surface area contributed by atoms with Crippen LogP contribution in [0.2, 0.25) is 0 Å². The van der Waals surface area contributed by atoms with Crippen molar-refractivity contribution in [3.8, 4) is 5.82 Å². The lowest BCUT2D eigenvalue weighted by Crippen LogP contribution is -2.60. The summed E-state index contributed by atoms with van der Waals surface area (Å²) in [5, 5.41) is 14.7. The Hall–Kier alpha value is -3.57. The van der Waals surface area contributed by atoms with E-state index in [9.17, 15) is 13.9 Å². The van der Waals surface area contributed by atoms with Gasteiger partial charge in [0.05, 0.1) is 17.5 Å². The number of anilines is 3. The normalized spacial score (nSPS) is 18.0. The highest BCUT2D eigenvalue weighted by Gasteiger charge is 2.37. The summed E-state index contributed by atoms with van der Waals surface area (Å²) >= 11 is 0. The molecule has 0 saturated carbocycles. The van der Waals surface area contributed by atoms with Crippen molar-refractivity contribution < 1.29 is 13.9 Å². The Kier molecular flexibility index (Phi) is 7.06. The molecule has 0 atom stereocenters. The molecule has 0 amide bonds. The van der Waals surface area contributed by atoms with Gasteiger partial charge < -0.3 is 20.6 Å². The van der Waals surface area contributed by atoms with Crippen LogP contribution in [0.25, 0.3) is 11.9 Å². The number of halogens is 2. The fourth-order valence-electron chi connectivity index (χ4n) is 5.15. The van der Waals surface area contributed by atoms with E-state index in [1.807, 2.05) is 22.1 Å². The number of rotatable bonds is 7. The van der Waals surface area contributed by atoms with Gasteiger partial charge >= 0.3 is 0 Å². The molecule has 9 nitrogen and oxygen atoms in total. The maximum absolute atomic E-state index is 13.6. The summed E-state index contributed by atoms with van der Waals surface area (Å²) in [4.78, 5) is 15.1. The standard InChI is InChI=1S/C27H34F2N8O/c1-18(2)25-19(5-4-6-34-7-9-35(10-8-34)22-12-20(28)11-21(29)13-22)15-31-37(25)24-14-23(32-26(30)33-24)36-16-27(3,38)17-36/h4-5,11-15,18,38H,6-10,16-17H2,1-3H3,(H2,30,32,33). The van der Waals surface area contributed by atoms with Crippen LogP contribution >= 0.6 is 0 Å². The van der Waals surface area contributed by atoms with E-state index >= 15 is 0 Å². The first-order chi connectivity index (χ1) is 18.1. The number of benzene rings is 1. The number of aliphatic hydroxyl groups is 1. The molecule has 2 aromatic heterocycles. The Bertz CT molecular complexity index is 1300. The molecule has 1 aromatic carbocycles. The third-order valence-corrected chi connectivity index (χ3v) is 6.95. The zero-order chi connectivity index (χ0) is 27.0. The predicted octanol–water partition coefficient (Wildman–Crippen LogP) is 3.05. The van der Waals surface area contributed by atoms with Crippen LogP contribution in [0.5, 0.6) is 0 Å². The van der Waals surface area contributed by atoms with E-state index in [4.69, 9.17) is 5.73 Å². The Labute approximate surface area is 221 Å². The molecule has 2 aliphatic rings. The second kappa shape index (κ2) is 10.3. The predicted molar refractivity (Wildman–Crippen MR) is 145 cm³/mol. The molecule has 3 aromatic rings. The second-order valence-electron chi connectivity index (χ2n) is 10.7. The highest BCUT2D eigenvalue weighted by molar-refractivity contribution is 5.56. The fourth-order valence-corrected chi connectivity index (χ4v) is 5.15. The Morgan fingerprint density at radius 1 is 1.00 bits per heavy atom. The van der Waals surface area contributed by atoms with Crippen LogP contribution in [0.15, 0.2) is 36.5 Å². The lowest BCUT2D eigenvalue weighted by molar-refractivity contribution is 0.0305. The molecule has 0 spiro atoms. The van der Waals surface area contributed by atoms with Gasteiger partial charge in [0.25, 0.3) is 0 Å². The molecule has 38 heavy (non-hydrogen) atoms. The highest BCUT2D eigenvalue weighted by atomic mass is 19.1. The number of nitrogens with zero attached hydrogens (tertiary/aromatic N) is 7. The van der Waals surface area contributed by atoms with Crippen LogP contribution in [0.3, 0.4) is 0 Å². The van der Waals surface area contributed by atoms with Crippen LogP contribution < -0.4 is 15.5 Å². The van der Waals surface area contributed by atoms with E-state index < -0.39 is 17.2 Å². The van der Waals surface area contributed by atoms with E-state index in [2.05, 4.69) is 46.0 Å². The number of aromatic nitrogens is 4. The first-order valence-electron chi connectivity index (χ1n) is 12.9. The molecule has 3 N–H and O–H groups in total. The largest absolute Gasteiger partial charge is 0.386 e. The lowest BCUT2D eigenvalue weighted by Gasteiger charge is -2.44. The molecule has 0 unspecified atom stereocenters. The fraction of sp³-hybridized carbons (Fsp3) is 0.444. The minimum Gasteiger partial charge on any atom is -0.386 e. The minimum absolute atomic E-state index is 0.159. The van der Waals surface area contributed by atoms with Crippen molar-refractivity contribution in [1.29, 1.82) is 0 Å². The molecule has 4 heterocycles. The molecule has 202 valence electrons. The topological polar surface area (TPSA) is 99.6 Å². The van der Waals surface area contributed by atoms with Crippen molar-refractivity contribution in [1.82, 2.24) is 24.6 Å². The number of nitrogen functional groups attached to an aromatic ring is 1. The zero-order valence-corrected chi connectivity index (χ0v) is 22.0. The molecular weight excluding hydrogens is 490 g/mol. The summed E-state index contributed by atoms with van der Waals surface area (Å²) in [5.41, 5.74) is 7.90. The van der Waals surface area contributed by atoms with Gasteiger partial charge in [-0.3, -0.25) is 4.90 Å². The minimum atomic E-state index is -0.726. The Morgan fingerprint density at radius 3 is 2.29 bits per heavy atom.